The van der Waals surface area contributed by atoms with Crippen LogP contribution in [0.3, 0.4) is 0 Å². The van der Waals surface area contributed by atoms with Crippen molar-refractivity contribution in [3.63, 3.8) is 0 Å². The Kier molecular flexibility index (Phi) is 5.69. The zero-order valence-corrected chi connectivity index (χ0v) is 18.4. The first-order valence-electron chi connectivity index (χ1n) is 8.73. The number of hydrogen-bond donors (Lipinski definition) is 2. The Labute approximate surface area is 184 Å². The Morgan fingerprint density at radius 1 is 1.32 bits per heavy atom. The predicted octanol–water partition coefficient (Wildman–Crippen LogP) is 4.74. The van der Waals surface area contributed by atoms with Gasteiger partial charge in [-0.15, -0.1) is 11.3 Å². The number of anilines is 1. The molecule has 3 aromatic rings. The third-order valence-corrected chi connectivity index (χ3v) is 7.40. The van der Waals surface area contributed by atoms with Gasteiger partial charge in [-0.1, -0.05) is 12.8 Å². The van der Waals surface area contributed by atoms with Gasteiger partial charge in [0, 0.05) is 17.0 Å². The molecule has 0 radical (unpaired) electrons. The molecule has 1 fully saturated rings. The highest BCUT2D eigenvalue weighted by atomic mass is 127. The van der Waals surface area contributed by atoms with Crippen LogP contribution in [0, 0.1) is 0 Å². The van der Waals surface area contributed by atoms with Gasteiger partial charge in [-0.05, 0) is 43.3 Å². The first kappa shape index (κ1) is 19.4. The monoisotopic (exact) mass is 525 g/mol. The van der Waals surface area contributed by atoms with E-state index in [1.54, 1.807) is 17.6 Å². The van der Waals surface area contributed by atoms with E-state index in [1.165, 1.54) is 12.8 Å². The van der Waals surface area contributed by atoms with Gasteiger partial charge in [-0.2, -0.15) is 0 Å². The Balaban J connectivity index is 1.57. The van der Waals surface area contributed by atoms with E-state index >= 15 is 0 Å². The van der Waals surface area contributed by atoms with Gasteiger partial charge in [-0.3, -0.25) is 8.10 Å². The normalized spacial score (nSPS) is 14.3. The predicted molar refractivity (Wildman–Crippen MR) is 122 cm³/mol. The Bertz CT molecular complexity index is 1050. The number of fused-ring (bicyclic) bond motifs is 1. The van der Waals surface area contributed by atoms with Crippen molar-refractivity contribution in [2.45, 2.75) is 31.7 Å². The van der Waals surface area contributed by atoms with E-state index in [9.17, 15) is 4.79 Å². The molecule has 0 aromatic carbocycles. The highest BCUT2D eigenvalue weighted by molar-refractivity contribution is 14.1. The summed E-state index contributed by atoms with van der Waals surface area (Å²) in [6.07, 6.45) is 6.42. The number of carboxylic acids is 1. The smallest absolute Gasteiger partial charge is 0.345 e. The highest BCUT2D eigenvalue weighted by Gasteiger charge is 2.23. The molecule has 2 N–H and O–H groups in total. The second-order valence-corrected chi connectivity index (χ2v) is 8.82. The molecule has 0 unspecified atom stereocenters. The SMILES string of the molecule is O=C(O)c1cc(-c2cnc3ccc(NC(=S)N(I)C4CCCC4)nc3n2)cs1. The zero-order chi connectivity index (χ0) is 19.7. The molecule has 10 heteroatoms. The lowest BCUT2D eigenvalue weighted by atomic mass is 10.2. The highest BCUT2D eigenvalue weighted by Crippen LogP contribution is 2.27. The van der Waals surface area contributed by atoms with E-state index in [0.717, 1.165) is 24.2 Å². The van der Waals surface area contributed by atoms with Crippen LogP contribution >= 0.6 is 46.4 Å². The summed E-state index contributed by atoms with van der Waals surface area (Å²) < 4.78 is 2.08. The number of pyridine rings is 1. The lowest BCUT2D eigenvalue weighted by Crippen LogP contribution is -2.33. The van der Waals surface area contributed by atoms with Gasteiger partial charge in [0.1, 0.15) is 16.2 Å². The minimum atomic E-state index is -0.950. The van der Waals surface area contributed by atoms with Gasteiger partial charge < -0.3 is 10.4 Å². The molecule has 7 nitrogen and oxygen atoms in total. The maximum Gasteiger partial charge on any atom is 0.345 e. The van der Waals surface area contributed by atoms with Crippen molar-refractivity contribution in [2.75, 3.05) is 5.32 Å². The molecule has 0 spiro atoms. The van der Waals surface area contributed by atoms with Crippen molar-refractivity contribution < 1.29 is 9.90 Å². The third kappa shape index (κ3) is 4.08. The largest absolute Gasteiger partial charge is 0.477 e. The minimum absolute atomic E-state index is 0.264. The average Bonchev–Trinajstić information content (AvgIpc) is 3.39. The van der Waals surface area contributed by atoms with Gasteiger partial charge in [0.25, 0.3) is 0 Å². The van der Waals surface area contributed by atoms with E-state index in [0.29, 0.717) is 39.4 Å². The fraction of sp³-hybridized carbons (Fsp3) is 0.278. The Morgan fingerprint density at radius 3 is 2.82 bits per heavy atom. The number of halogens is 1. The van der Waals surface area contributed by atoms with E-state index in [1.807, 2.05) is 12.1 Å². The second-order valence-electron chi connectivity index (χ2n) is 6.48. The minimum Gasteiger partial charge on any atom is -0.477 e. The fourth-order valence-corrected chi connectivity index (χ4v) is 4.82. The molecule has 144 valence electrons. The summed E-state index contributed by atoms with van der Waals surface area (Å²) in [4.78, 5) is 24.8. The number of nitrogens with zero attached hydrogens (tertiary/aromatic N) is 4. The second kappa shape index (κ2) is 8.21. The molecular weight excluding hydrogens is 509 g/mol. The van der Waals surface area contributed by atoms with Crippen LogP contribution in [0.5, 0.6) is 0 Å². The molecule has 1 saturated carbocycles. The van der Waals surface area contributed by atoms with E-state index < -0.39 is 5.97 Å². The molecule has 1 aliphatic rings. The molecule has 3 heterocycles. The van der Waals surface area contributed by atoms with Crippen molar-refractivity contribution >= 4 is 74.5 Å². The van der Waals surface area contributed by atoms with Gasteiger partial charge >= 0.3 is 5.97 Å². The summed E-state index contributed by atoms with van der Waals surface area (Å²) in [5.41, 5.74) is 2.45. The van der Waals surface area contributed by atoms with E-state index in [4.69, 9.17) is 17.3 Å². The topological polar surface area (TPSA) is 91.2 Å². The lowest BCUT2D eigenvalue weighted by Gasteiger charge is -2.24. The van der Waals surface area contributed by atoms with Crippen LogP contribution in [0.15, 0.2) is 29.8 Å². The van der Waals surface area contributed by atoms with Crippen LogP contribution in [0.1, 0.15) is 35.4 Å². The molecule has 28 heavy (non-hydrogen) atoms. The van der Waals surface area contributed by atoms with Crippen LogP contribution in [-0.4, -0.2) is 40.3 Å². The summed E-state index contributed by atoms with van der Waals surface area (Å²) in [5.74, 6) is -0.339. The lowest BCUT2D eigenvalue weighted by molar-refractivity contribution is 0.0702. The quantitative estimate of drug-likeness (QED) is 0.287. The summed E-state index contributed by atoms with van der Waals surface area (Å²) in [7, 11) is 0. The molecule has 0 bridgehead atoms. The van der Waals surface area contributed by atoms with Crippen LogP contribution in [0.25, 0.3) is 22.4 Å². The molecule has 0 saturated heterocycles. The van der Waals surface area contributed by atoms with Gasteiger partial charge in [0.15, 0.2) is 10.8 Å². The van der Waals surface area contributed by atoms with Crippen molar-refractivity contribution in [1.82, 2.24) is 18.1 Å². The maximum atomic E-state index is 11.1. The third-order valence-electron chi connectivity index (χ3n) is 4.59. The number of aromatic carboxylic acids is 1. The molecule has 3 aromatic heterocycles. The van der Waals surface area contributed by atoms with Crippen LogP contribution in [0.4, 0.5) is 5.82 Å². The number of carbonyl (C=O) groups is 1. The first-order chi connectivity index (χ1) is 13.5. The molecular formula is C18H16IN5O2S2. The number of thiocarbonyl (C=S) groups is 1. The summed E-state index contributed by atoms with van der Waals surface area (Å²) >= 11 is 8.95. The van der Waals surface area contributed by atoms with Gasteiger partial charge in [-0.25, -0.2) is 14.8 Å². The van der Waals surface area contributed by atoms with Crippen LogP contribution < -0.4 is 5.32 Å². The van der Waals surface area contributed by atoms with Gasteiger partial charge in [0.2, 0.25) is 0 Å². The first-order valence-corrected chi connectivity index (χ1v) is 11.0. The van der Waals surface area contributed by atoms with Crippen molar-refractivity contribution in [1.29, 1.82) is 0 Å². The number of hydrogen-bond acceptors (Lipinski definition) is 6. The number of carboxylic acid groups (broad SMARTS) is 1. The van der Waals surface area contributed by atoms with Crippen LogP contribution in [0.2, 0.25) is 0 Å². The van der Waals surface area contributed by atoms with E-state index in [-0.39, 0.29) is 4.88 Å². The molecule has 0 aliphatic heterocycles. The number of nitrogens with one attached hydrogen (secondary N) is 1. The number of thiophene rings is 1. The standard InChI is InChI=1S/C18H16IN5O2S2/c19-24(11-3-1-2-4-11)18(27)23-15-6-5-12-16(22-15)21-13(8-20-12)10-7-14(17(25)26)28-9-10/h5-9,11H,1-4H2,(H,25,26)(H,21,22,23,27). The molecule has 1 aliphatic carbocycles. The summed E-state index contributed by atoms with van der Waals surface area (Å²) in [6.45, 7) is 0. The van der Waals surface area contributed by atoms with Crippen molar-refractivity contribution in [3.8, 4) is 11.3 Å². The number of aromatic nitrogens is 3. The van der Waals surface area contributed by atoms with Crippen LogP contribution in [-0.2, 0) is 0 Å². The Morgan fingerprint density at radius 2 is 2.11 bits per heavy atom. The number of rotatable bonds is 4. The van der Waals surface area contributed by atoms with Gasteiger partial charge in [0.05, 0.1) is 34.8 Å². The van der Waals surface area contributed by atoms with E-state index in [2.05, 4.69) is 46.2 Å². The zero-order valence-electron chi connectivity index (χ0n) is 14.6. The molecule has 0 amide bonds. The van der Waals surface area contributed by atoms with Crippen molar-refractivity contribution in [3.05, 3.63) is 34.7 Å². The molecule has 4 rings (SSSR count). The maximum absolute atomic E-state index is 11.1. The Hall–Kier alpha value is -1.92. The average molecular weight is 525 g/mol. The fourth-order valence-electron chi connectivity index (χ4n) is 3.15. The molecule has 0 atom stereocenters. The summed E-state index contributed by atoms with van der Waals surface area (Å²) in [5, 5.41) is 14.7. The van der Waals surface area contributed by atoms with Crippen molar-refractivity contribution in [2.24, 2.45) is 0 Å². The summed E-state index contributed by atoms with van der Waals surface area (Å²) in [6, 6.07) is 5.73.